The number of ether oxygens (including phenoxy) is 1. The summed E-state index contributed by atoms with van der Waals surface area (Å²) in [6.45, 7) is 0.861. The Balaban J connectivity index is 1.84. The maximum absolute atomic E-state index is 12.2. The molecule has 0 N–H and O–H groups in total. The fourth-order valence-corrected chi connectivity index (χ4v) is 3.83. The smallest absolute Gasteiger partial charge is 0.410 e. The van der Waals surface area contributed by atoms with Crippen LogP contribution in [0.5, 0.6) is 0 Å². The van der Waals surface area contributed by atoms with Gasteiger partial charge in [0.1, 0.15) is 5.76 Å². The van der Waals surface area contributed by atoms with Crippen molar-refractivity contribution in [1.82, 2.24) is 4.90 Å². The summed E-state index contributed by atoms with van der Waals surface area (Å²) in [5.41, 5.74) is 2.39. The van der Waals surface area contributed by atoms with E-state index in [2.05, 4.69) is 0 Å². The first kappa shape index (κ1) is 11.1. The Bertz CT molecular complexity index is 549. The topological polar surface area (TPSA) is 29.5 Å². The lowest BCUT2D eigenvalue weighted by Gasteiger charge is -2.38. The summed E-state index contributed by atoms with van der Waals surface area (Å²) < 4.78 is 5.64. The molecule has 3 nitrogen and oxygen atoms in total. The third-order valence-electron chi connectivity index (χ3n) is 4.65. The van der Waals surface area contributed by atoms with Gasteiger partial charge in [-0.25, -0.2) is 4.79 Å². The second-order valence-corrected chi connectivity index (χ2v) is 5.67. The molecule has 2 heterocycles. The predicted molar refractivity (Wildman–Crippen MR) is 72.3 cm³/mol. The summed E-state index contributed by atoms with van der Waals surface area (Å²) in [5, 5.41) is 0. The van der Waals surface area contributed by atoms with Crippen LogP contribution in [0.2, 0.25) is 0 Å². The van der Waals surface area contributed by atoms with Crippen LogP contribution in [0, 0.1) is 5.92 Å². The van der Waals surface area contributed by atoms with Gasteiger partial charge in [0.2, 0.25) is 0 Å². The first-order valence-corrected chi connectivity index (χ1v) is 7.11. The molecule has 0 spiro atoms. The number of carbonyl (C=O) groups excluding carboxylic acids is 1. The standard InChI is InChI=1S/C16H17NO2/c18-16-17-10-9-11-7-4-8-13(14(11)17)15(19-16)12-5-2-1-3-6-12/h1-3,5-6,11,14H,4,7-10H2/t11-,14+/m1/s1. The van der Waals surface area contributed by atoms with Gasteiger partial charge in [0.25, 0.3) is 0 Å². The van der Waals surface area contributed by atoms with Crippen LogP contribution < -0.4 is 0 Å². The van der Waals surface area contributed by atoms with Crippen molar-refractivity contribution in [1.29, 1.82) is 0 Å². The second-order valence-electron chi connectivity index (χ2n) is 5.67. The maximum atomic E-state index is 12.2. The summed E-state index contributed by atoms with van der Waals surface area (Å²) in [6, 6.07) is 10.4. The first-order chi connectivity index (χ1) is 9.34. The summed E-state index contributed by atoms with van der Waals surface area (Å²) >= 11 is 0. The fraction of sp³-hybridized carbons (Fsp3) is 0.438. The Morgan fingerprint density at radius 1 is 1.16 bits per heavy atom. The van der Waals surface area contributed by atoms with Gasteiger partial charge in [-0.2, -0.15) is 0 Å². The van der Waals surface area contributed by atoms with Gasteiger partial charge in [-0.3, -0.25) is 0 Å². The Morgan fingerprint density at radius 3 is 2.84 bits per heavy atom. The van der Waals surface area contributed by atoms with E-state index in [0.717, 1.165) is 30.7 Å². The van der Waals surface area contributed by atoms with Crippen LogP contribution in [0.25, 0.3) is 5.76 Å². The van der Waals surface area contributed by atoms with Crippen LogP contribution in [0.15, 0.2) is 35.9 Å². The lowest BCUT2D eigenvalue weighted by Crippen LogP contribution is -2.44. The van der Waals surface area contributed by atoms with Gasteiger partial charge in [-0.1, -0.05) is 30.3 Å². The molecule has 1 amide bonds. The van der Waals surface area contributed by atoms with Crippen LogP contribution >= 0.6 is 0 Å². The SMILES string of the molecule is O=C1OC(c2ccccc2)=C2CCC[C@@H]3CCN1[C@H]23. The number of carbonyl (C=O) groups is 1. The Hall–Kier alpha value is -1.77. The number of hydrogen-bond donors (Lipinski definition) is 0. The van der Waals surface area contributed by atoms with Crippen LogP contribution in [-0.4, -0.2) is 23.6 Å². The van der Waals surface area contributed by atoms with Gasteiger partial charge < -0.3 is 9.64 Å². The molecule has 2 fully saturated rings. The minimum atomic E-state index is -0.156. The third kappa shape index (κ3) is 1.61. The highest BCUT2D eigenvalue weighted by Gasteiger charge is 2.46. The summed E-state index contributed by atoms with van der Waals surface area (Å²) in [6.07, 6.45) is 4.51. The molecular weight excluding hydrogens is 238 g/mol. The van der Waals surface area contributed by atoms with E-state index in [-0.39, 0.29) is 6.09 Å². The van der Waals surface area contributed by atoms with Crippen LogP contribution in [0.4, 0.5) is 4.79 Å². The Labute approximate surface area is 112 Å². The lowest BCUT2D eigenvalue weighted by molar-refractivity contribution is 0.122. The fourth-order valence-electron chi connectivity index (χ4n) is 3.83. The molecule has 2 atom stereocenters. The van der Waals surface area contributed by atoms with Crippen molar-refractivity contribution >= 4 is 11.9 Å². The Morgan fingerprint density at radius 2 is 2.00 bits per heavy atom. The van der Waals surface area contributed by atoms with Crippen molar-refractivity contribution in [3.05, 3.63) is 41.5 Å². The van der Waals surface area contributed by atoms with E-state index in [1.54, 1.807) is 0 Å². The van der Waals surface area contributed by atoms with Crippen molar-refractivity contribution in [2.75, 3.05) is 6.54 Å². The molecule has 1 saturated heterocycles. The molecule has 2 aliphatic heterocycles. The van der Waals surface area contributed by atoms with Crippen molar-refractivity contribution in [3.8, 4) is 0 Å². The quantitative estimate of drug-likeness (QED) is 0.769. The molecule has 1 aromatic carbocycles. The minimum Gasteiger partial charge on any atom is -0.410 e. The largest absolute Gasteiger partial charge is 0.415 e. The van der Waals surface area contributed by atoms with E-state index in [0.29, 0.717) is 12.0 Å². The number of nitrogens with zero attached hydrogens (tertiary/aromatic N) is 1. The van der Waals surface area contributed by atoms with Crippen molar-refractivity contribution in [2.45, 2.75) is 31.7 Å². The molecular formula is C16H17NO2. The highest BCUT2D eigenvalue weighted by atomic mass is 16.6. The first-order valence-electron chi connectivity index (χ1n) is 7.11. The molecule has 0 radical (unpaired) electrons. The molecule has 1 saturated carbocycles. The van der Waals surface area contributed by atoms with E-state index >= 15 is 0 Å². The molecule has 98 valence electrons. The van der Waals surface area contributed by atoms with Crippen molar-refractivity contribution in [3.63, 3.8) is 0 Å². The van der Waals surface area contributed by atoms with Crippen molar-refractivity contribution < 1.29 is 9.53 Å². The van der Waals surface area contributed by atoms with Crippen LogP contribution in [0.3, 0.4) is 0 Å². The molecule has 1 aliphatic carbocycles. The lowest BCUT2D eigenvalue weighted by atomic mass is 9.79. The number of hydrogen-bond acceptors (Lipinski definition) is 2. The van der Waals surface area contributed by atoms with E-state index in [1.165, 1.54) is 18.4 Å². The van der Waals surface area contributed by atoms with Gasteiger partial charge in [0.15, 0.2) is 0 Å². The number of cyclic esters (lactones) is 1. The zero-order chi connectivity index (χ0) is 12.8. The van der Waals surface area contributed by atoms with Gasteiger partial charge in [0, 0.05) is 12.1 Å². The molecule has 4 rings (SSSR count). The molecule has 0 unspecified atom stereocenters. The highest BCUT2D eigenvalue weighted by molar-refractivity contribution is 5.82. The van der Waals surface area contributed by atoms with Gasteiger partial charge in [0.05, 0.1) is 6.04 Å². The van der Waals surface area contributed by atoms with E-state index in [4.69, 9.17) is 4.74 Å². The second kappa shape index (κ2) is 4.12. The molecule has 3 aliphatic rings. The zero-order valence-corrected chi connectivity index (χ0v) is 10.8. The van der Waals surface area contributed by atoms with Gasteiger partial charge in [-0.15, -0.1) is 0 Å². The average molecular weight is 255 g/mol. The molecule has 0 aromatic heterocycles. The average Bonchev–Trinajstić information content (AvgIpc) is 2.89. The highest BCUT2D eigenvalue weighted by Crippen LogP contribution is 2.45. The van der Waals surface area contributed by atoms with Crippen LogP contribution in [-0.2, 0) is 4.74 Å². The van der Waals surface area contributed by atoms with E-state index in [1.807, 2.05) is 35.2 Å². The maximum Gasteiger partial charge on any atom is 0.415 e. The summed E-state index contributed by atoms with van der Waals surface area (Å²) in [5.74, 6) is 1.48. The van der Waals surface area contributed by atoms with E-state index in [9.17, 15) is 4.79 Å². The molecule has 0 bridgehead atoms. The predicted octanol–water partition coefficient (Wildman–Crippen LogP) is 3.42. The monoisotopic (exact) mass is 255 g/mol. The normalized spacial score (nSPS) is 29.3. The van der Waals surface area contributed by atoms with Gasteiger partial charge in [-0.05, 0) is 37.2 Å². The zero-order valence-electron chi connectivity index (χ0n) is 10.8. The Kier molecular flexibility index (Phi) is 2.40. The molecule has 1 aromatic rings. The summed E-state index contributed by atoms with van der Waals surface area (Å²) in [7, 11) is 0. The third-order valence-corrected chi connectivity index (χ3v) is 4.65. The van der Waals surface area contributed by atoms with Crippen LogP contribution in [0.1, 0.15) is 31.2 Å². The van der Waals surface area contributed by atoms with E-state index < -0.39 is 0 Å². The number of rotatable bonds is 1. The van der Waals surface area contributed by atoms with Crippen molar-refractivity contribution in [2.24, 2.45) is 5.92 Å². The minimum absolute atomic E-state index is 0.156. The number of amides is 1. The van der Waals surface area contributed by atoms with Gasteiger partial charge >= 0.3 is 6.09 Å². The summed E-state index contributed by atoms with van der Waals surface area (Å²) in [4.78, 5) is 14.1. The number of benzene rings is 1. The molecule has 3 heteroatoms. The molecule has 19 heavy (non-hydrogen) atoms.